The molecule has 1 N–H and O–H groups in total. The van der Waals surface area contributed by atoms with Crippen LogP contribution in [-0.4, -0.2) is 21.3 Å². The molecule has 2 aromatic rings. The first-order chi connectivity index (χ1) is 8.65. The lowest BCUT2D eigenvalue weighted by Gasteiger charge is -1.97. The fourth-order valence-corrected chi connectivity index (χ4v) is 1.35. The summed E-state index contributed by atoms with van der Waals surface area (Å²) in [5.74, 6) is -1.16. The summed E-state index contributed by atoms with van der Waals surface area (Å²) in [5.41, 5.74) is 0.440. The first-order valence-corrected chi connectivity index (χ1v) is 5.12. The fraction of sp³-hybridized carbons (Fsp3) is 0.0833. The van der Waals surface area contributed by atoms with E-state index in [4.69, 9.17) is 9.52 Å². The SMILES string of the molecule is O=C(O)/C=C/c1nnc(Cc2ccccc2F)o1. The lowest BCUT2D eigenvalue weighted by molar-refractivity contribution is -0.131. The van der Waals surface area contributed by atoms with Crippen molar-refractivity contribution in [2.24, 2.45) is 0 Å². The Kier molecular flexibility index (Phi) is 3.47. The highest BCUT2D eigenvalue weighted by atomic mass is 19.1. The Hall–Kier alpha value is -2.50. The third-order valence-corrected chi connectivity index (χ3v) is 2.15. The first-order valence-electron chi connectivity index (χ1n) is 5.12. The van der Waals surface area contributed by atoms with Gasteiger partial charge in [0, 0.05) is 12.2 Å². The van der Waals surface area contributed by atoms with Gasteiger partial charge in [0.05, 0.1) is 6.42 Å². The summed E-state index contributed by atoms with van der Waals surface area (Å²) in [6.45, 7) is 0. The summed E-state index contributed by atoms with van der Waals surface area (Å²) >= 11 is 0. The van der Waals surface area contributed by atoms with E-state index in [1.165, 1.54) is 12.1 Å². The van der Waals surface area contributed by atoms with Crippen molar-refractivity contribution in [2.45, 2.75) is 6.42 Å². The molecule has 0 aliphatic rings. The zero-order chi connectivity index (χ0) is 13.0. The van der Waals surface area contributed by atoms with Crippen molar-refractivity contribution in [3.05, 3.63) is 53.5 Å². The zero-order valence-electron chi connectivity index (χ0n) is 9.21. The van der Waals surface area contributed by atoms with Crippen LogP contribution in [0.5, 0.6) is 0 Å². The van der Waals surface area contributed by atoms with E-state index in [1.807, 2.05) is 0 Å². The number of carbonyl (C=O) groups is 1. The number of rotatable bonds is 4. The lowest BCUT2D eigenvalue weighted by Crippen LogP contribution is -1.92. The number of halogens is 1. The second kappa shape index (κ2) is 5.22. The molecule has 6 heteroatoms. The summed E-state index contributed by atoms with van der Waals surface area (Å²) in [5, 5.41) is 15.8. The smallest absolute Gasteiger partial charge is 0.328 e. The highest BCUT2D eigenvalue weighted by molar-refractivity contribution is 5.84. The van der Waals surface area contributed by atoms with Crippen molar-refractivity contribution >= 4 is 12.0 Å². The molecule has 92 valence electrons. The molecule has 0 radical (unpaired) electrons. The van der Waals surface area contributed by atoms with Gasteiger partial charge in [0.2, 0.25) is 11.8 Å². The Labute approximate surface area is 102 Å². The molecular formula is C12H9FN2O3. The Morgan fingerprint density at radius 3 is 2.89 bits per heavy atom. The molecule has 0 spiro atoms. The van der Waals surface area contributed by atoms with Crippen molar-refractivity contribution in [3.8, 4) is 0 Å². The second-order valence-electron chi connectivity index (χ2n) is 3.47. The molecule has 0 fully saturated rings. The number of carboxylic acid groups (broad SMARTS) is 1. The molecule has 0 aliphatic heterocycles. The Bertz CT molecular complexity index is 593. The van der Waals surface area contributed by atoms with Crippen LogP contribution in [0.2, 0.25) is 0 Å². The van der Waals surface area contributed by atoms with Gasteiger partial charge >= 0.3 is 5.97 Å². The van der Waals surface area contributed by atoms with Crippen molar-refractivity contribution in [1.29, 1.82) is 0 Å². The van der Waals surface area contributed by atoms with Gasteiger partial charge in [0.1, 0.15) is 5.82 Å². The van der Waals surface area contributed by atoms with Crippen LogP contribution >= 0.6 is 0 Å². The Morgan fingerprint density at radius 1 is 1.39 bits per heavy atom. The van der Waals surface area contributed by atoms with Crippen molar-refractivity contribution in [3.63, 3.8) is 0 Å². The topological polar surface area (TPSA) is 76.2 Å². The van der Waals surface area contributed by atoms with E-state index in [2.05, 4.69) is 10.2 Å². The van der Waals surface area contributed by atoms with E-state index in [-0.39, 0.29) is 24.0 Å². The van der Waals surface area contributed by atoms with E-state index in [1.54, 1.807) is 18.2 Å². The van der Waals surface area contributed by atoms with Crippen LogP contribution < -0.4 is 0 Å². The van der Waals surface area contributed by atoms with Crippen LogP contribution in [0.3, 0.4) is 0 Å². The highest BCUT2D eigenvalue weighted by Gasteiger charge is 2.08. The number of carboxylic acids is 1. The van der Waals surface area contributed by atoms with Gasteiger partial charge in [-0.05, 0) is 11.6 Å². The molecule has 2 rings (SSSR count). The van der Waals surface area contributed by atoms with Gasteiger partial charge in [-0.25, -0.2) is 9.18 Å². The van der Waals surface area contributed by atoms with Gasteiger partial charge in [-0.3, -0.25) is 0 Å². The van der Waals surface area contributed by atoms with Crippen molar-refractivity contribution < 1.29 is 18.7 Å². The highest BCUT2D eigenvalue weighted by Crippen LogP contribution is 2.12. The minimum absolute atomic E-state index is 0.0729. The molecule has 18 heavy (non-hydrogen) atoms. The van der Waals surface area contributed by atoms with Crippen LogP contribution in [0.1, 0.15) is 17.3 Å². The summed E-state index contributed by atoms with van der Waals surface area (Å²) in [4.78, 5) is 10.3. The van der Waals surface area contributed by atoms with Gasteiger partial charge in [-0.1, -0.05) is 18.2 Å². The lowest BCUT2D eigenvalue weighted by atomic mass is 10.1. The summed E-state index contributed by atoms with van der Waals surface area (Å²) < 4.78 is 18.5. The average molecular weight is 248 g/mol. The number of benzene rings is 1. The van der Waals surface area contributed by atoms with Crippen molar-refractivity contribution in [2.75, 3.05) is 0 Å². The number of hydrogen-bond acceptors (Lipinski definition) is 4. The number of aromatic nitrogens is 2. The molecule has 1 aromatic heterocycles. The standard InChI is InChI=1S/C12H9FN2O3/c13-9-4-2-1-3-8(9)7-11-15-14-10(18-11)5-6-12(16)17/h1-6H,7H2,(H,16,17)/b6-5+. The minimum atomic E-state index is -1.11. The van der Waals surface area contributed by atoms with Gasteiger partial charge < -0.3 is 9.52 Å². The zero-order valence-corrected chi connectivity index (χ0v) is 9.21. The van der Waals surface area contributed by atoms with Gasteiger partial charge in [-0.2, -0.15) is 0 Å². The van der Waals surface area contributed by atoms with Crippen LogP contribution in [0.4, 0.5) is 4.39 Å². The van der Waals surface area contributed by atoms with Crippen LogP contribution in [0.15, 0.2) is 34.8 Å². The molecule has 0 aliphatic carbocycles. The normalized spacial score (nSPS) is 10.9. The number of aliphatic carboxylic acids is 1. The predicted octanol–water partition coefficient (Wildman–Crippen LogP) is 1.90. The van der Waals surface area contributed by atoms with Crippen LogP contribution in [0, 0.1) is 5.82 Å². The average Bonchev–Trinajstić information content (AvgIpc) is 2.77. The molecule has 0 saturated carbocycles. The van der Waals surface area contributed by atoms with Gasteiger partial charge in [-0.15, -0.1) is 10.2 Å². The molecule has 0 amide bonds. The third kappa shape index (κ3) is 3.00. The Morgan fingerprint density at radius 2 is 2.17 bits per heavy atom. The third-order valence-electron chi connectivity index (χ3n) is 2.15. The molecule has 0 bridgehead atoms. The molecule has 0 unspecified atom stereocenters. The maximum Gasteiger partial charge on any atom is 0.328 e. The maximum atomic E-state index is 13.4. The van der Waals surface area contributed by atoms with Crippen LogP contribution in [0.25, 0.3) is 6.08 Å². The molecular weight excluding hydrogens is 239 g/mol. The summed E-state index contributed by atoms with van der Waals surface area (Å²) in [7, 11) is 0. The largest absolute Gasteiger partial charge is 0.478 e. The van der Waals surface area contributed by atoms with Gasteiger partial charge in [0.25, 0.3) is 0 Å². The van der Waals surface area contributed by atoms with E-state index < -0.39 is 5.97 Å². The van der Waals surface area contributed by atoms with Crippen molar-refractivity contribution in [1.82, 2.24) is 10.2 Å². The Balaban J connectivity index is 2.12. The maximum absolute atomic E-state index is 13.4. The summed E-state index contributed by atoms with van der Waals surface area (Å²) in [6.07, 6.45) is 2.24. The molecule has 0 saturated heterocycles. The molecule has 0 atom stereocenters. The van der Waals surface area contributed by atoms with E-state index >= 15 is 0 Å². The fourth-order valence-electron chi connectivity index (χ4n) is 1.35. The molecule has 1 heterocycles. The number of nitrogens with zero attached hydrogens (tertiary/aromatic N) is 2. The number of hydrogen-bond donors (Lipinski definition) is 1. The quantitative estimate of drug-likeness (QED) is 0.836. The monoisotopic (exact) mass is 248 g/mol. The van der Waals surface area contributed by atoms with Gasteiger partial charge in [0.15, 0.2) is 0 Å². The first kappa shape index (κ1) is 12.0. The van der Waals surface area contributed by atoms with Crippen LogP contribution in [-0.2, 0) is 11.2 Å². The second-order valence-corrected chi connectivity index (χ2v) is 3.47. The molecule has 5 nitrogen and oxygen atoms in total. The molecule has 1 aromatic carbocycles. The van der Waals surface area contributed by atoms with E-state index in [0.29, 0.717) is 5.56 Å². The predicted molar refractivity (Wildman–Crippen MR) is 60.2 cm³/mol. The minimum Gasteiger partial charge on any atom is -0.478 e. The summed E-state index contributed by atoms with van der Waals surface area (Å²) in [6, 6.07) is 6.26. The van der Waals surface area contributed by atoms with E-state index in [0.717, 1.165) is 6.08 Å². The van der Waals surface area contributed by atoms with E-state index in [9.17, 15) is 9.18 Å².